The van der Waals surface area contributed by atoms with Gasteiger partial charge in [-0.3, -0.25) is 9.88 Å². The van der Waals surface area contributed by atoms with Crippen molar-refractivity contribution >= 4 is 34.0 Å². The number of carbonyl (C=O) groups is 1. The zero-order valence-corrected chi connectivity index (χ0v) is 22.1. The van der Waals surface area contributed by atoms with E-state index >= 15 is 0 Å². The van der Waals surface area contributed by atoms with E-state index in [4.69, 9.17) is 25.5 Å². The van der Waals surface area contributed by atoms with Crippen molar-refractivity contribution in [3.05, 3.63) is 84.3 Å². The second-order valence-electron chi connectivity index (χ2n) is 8.99. The van der Waals surface area contributed by atoms with E-state index in [1.807, 2.05) is 0 Å². The van der Waals surface area contributed by atoms with Crippen molar-refractivity contribution < 1.29 is 23.7 Å². The molecule has 4 aromatic rings. The molecule has 10 heteroatoms. The van der Waals surface area contributed by atoms with Crippen molar-refractivity contribution in [2.45, 2.75) is 0 Å². The first kappa shape index (κ1) is 26.7. The number of benzene rings is 3. The van der Waals surface area contributed by atoms with Crippen molar-refractivity contribution in [2.24, 2.45) is 0 Å². The lowest BCUT2D eigenvalue weighted by Crippen LogP contribution is -2.38. The van der Waals surface area contributed by atoms with Crippen LogP contribution in [0.1, 0.15) is 0 Å². The third-order valence-corrected chi connectivity index (χ3v) is 6.36. The van der Waals surface area contributed by atoms with Gasteiger partial charge in [-0.15, -0.1) is 0 Å². The summed E-state index contributed by atoms with van der Waals surface area (Å²) in [5.74, 6) is 2.35. The Kier molecular flexibility index (Phi) is 8.56. The number of anilines is 2. The van der Waals surface area contributed by atoms with Crippen LogP contribution in [0.2, 0.25) is 0 Å². The van der Waals surface area contributed by atoms with Crippen LogP contribution < -0.4 is 24.8 Å². The van der Waals surface area contributed by atoms with Crippen LogP contribution in [0.5, 0.6) is 23.0 Å². The maximum atomic E-state index is 12.4. The lowest BCUT2D eigenvalue weighted by molar-refractivity contribution is 0.0323. The first-order valence-electron chi connectivity index (χ1n) is 12.8. The molecular formula is C30H29N5O5. The number of hydrogen-bond acceptors (Lipinski definition) is 7. The predicted octanol–water partition coefficient (Wildman–Crippen LogP) is 5.94. The number of carbonyl (C=O) groups excluding carboxylic acids is 1. The molecule has 1 fully saturated rings. The molecule has 204 valence electrons. The minimum absolute atomic E-state index is 0.367. The maximum Gasteiger partial charge on any atom is 0.323 e. The van der Waals surface area contributed by atoms with Gasteiger partial charge < -0.3 is 29.6 Å². The minimum atomic E-state index is -0.367. The van der Waals surface area contributed by atoms with Gasteiger partial charge in [0.05, 0.1) is 39.0 Å². The third-order valence-electron chi connectivity index (χ3n) is 6.36. The summed E-state index contributed by atoms with van der Waals surface area (Å²) in [6.45, 7) is 12.1. The molecule has 1 aromatic heterocycles. The molecule has 3 aromatic carbocycles. The van der Waals surface area contributed by atoms with Crippen molar-refractivity contribution in [1.29, 1.82) is 0 Å². The quantitative estimate of drug-likeness (QED) is 0.254. The topological polar surface area (TPSA) is 98.5 Å². The fraction of sp³-hybridized carbons (Fsp3) is 0.233. The zero-order chi connectivity index (χ0) is 27.7. The van der Waals surface area contributed by atoms with Gasteiger partial charge in [-0.05, 0) is 66.7 Å². The zero-order valence-electron chi connectivity index (χ0n) is 22.1. The van der Waals surface area contributed by atoms with Crippen molar-refractivity contribution in [1.82, 2.24) is 9.88 Å². The third kappa shape index (κ3) is 6.77. The lowest BCUT2D eigenvalue weighted by Gasteiger charge is -2.26. The number of urea groups is 1. The second kappa shape index (κ2) is 12.8. The SMILES string of the molecule is [C-]#[N+]c1cc2c(Oc3ccc(NC(=O)Nc4ccc(OC)cc4)cc3)ccnc2cc1OCCN1CCOCC1. The number of amides is 2. The molecule has 2 heterocycles. The summed E-state index contributed by atoms with van der Waals surface area (Å²) < 4.78 is 22.6. The van der Waals surface area contributed by atoms with Gasteiger partial charge in [0.1, 0.15) is 23.0 Å². The Balaban J connectivity index is 1.22. The molecule has 2 amide bonds. The van der Waals surface area contributed by atoms with E-state index in [-0.39, 0.29) is 6.03 Å². The summed E-state index contributed by atoms with van der Waals surface area (Å²) >= 11 is 0. The van der Waals surface area contributed by atoms with Crippen molar-refractivity contribution in [2.75, 3.05) is 57.2 Å². The summed E-state index contributed by atoms with van der Waals surface area (Å²) in [6.07, 6.45) is 1.66. The van der Waals surface area contributed by atoms with Crippen LogP contribution in [0.25, 0.3) is 15.7 Å². The van der Waals surface area contributed by atoms with Gasteiger partial charge in [0.2, 0.25) is 5.69 Å². The maximum absolute atomic E-state index is 12.4. The molecule has 0 unspecified atom stereocenters. The van der Waals surface area contributed by atoms with Crippen LogP contribution in [0.3, 0.4) is 0 Å². The number of fused-ring (bicyclic) bond motifs is 1. The number of methoxy groups -OCH3 is 1. The van der Waals surface area contributed by atoms with Gasteiger partial charge >= 0.3 is 6.03 Å². The molecule has 1 saturated heterocycles. The van der Waals surface area contributed by atoms with E-state index in [0.717, 1.165) is 32.8 Å². The van der Waals surface area contributed by atoms with Crippen LogP contribution in [0.4, 0.5) is 21.9 Å². The van der Waals surface area contributed by atoms with E-state index < -0.39 is 0 Å². The number of nitrogens with zero attached hydrogens (tertiary/aromatic N) is 3. The second-order valence-corrected chi connectivity index (χ2v) is 8.99. The molecule has 0 atom stereocenters. The van der Waals surface area contributed by atoms with Crippen LogP contribution in [0.15, 0.2) is 72.9 Å². The highest BCUT2D eigenvalue weighted by Gasteiger charge is 2.14. The average molecular weight is 540 g/mol. The Morgan fingerprint density at radius 3 is 2.30 bits per heavy atom. The molecule has 5 rings (SSSR count). The normalized spacial score (nSPS) is 13.3. The Labute approximate surface area is 232 Å². The fourth-order valence-electron chi connectivity index (χ4n) is 4.24. The molecule has 2 N–H and O–H groups in total. The number of pyridine rings is 1. The lowest BCUT2D eigenvalue weighted by atomic mass is 10.1. The number of aromatic nitrogens is 1. The minimum Gasteiger partial charge on any atom is -0.503 e. The van der Waals surface area contributed by atoms with E-state index in [1.54, 1.807) is 80.0 Å². The number of hydrogen-bond donors (Lipinski definition) is 2. The molecule has 0 spiro atoms. The van der Waals surface area contributed by atoms with Crippen molar-refractivity contribution in [3.8, 4) is 23.0 Å². The highest BCUT2D eigenvalue weighted by Crippen LogP contribution is 2.37. The van der Waals surface area contributed by atoms with E-state index in [9.17, 15) is 4.79 Å². The largest absolute Gasteiger partial charge is 0.503 e. The number of nitrogens with one attached hydrogen (secondary N) is 2. The van der Waals surface area contributed by atoms with E-state index in [0.29, 0.717) is 57.6 Å². The van der Waals surface area contributed by atoms with Gasteiger partial charge in [0.15, 0.2) is 0 Å². The molecule has 0 aliphatic carbocycles. The van der Waals surface area contributed by atoms with Gasteiger partial charge in [-0.25, -0.2) is 9.64 Å². The summed E-state index contributed by atoms with van der Waals surface area (Å²) in [4.78, 5) is 22.8. The van der Waals surface area contributed by atoms with Crippen molar-refractivity contribution in [3.63, 3.8) is 0 Å². The molecular weight excluding hydrogens is 510 g/mol. The van der Waals surface area contributed by atoms with E-state index in [2.05, 4.69) is 25.4 Å². The van der Waals surface area contributed by atoms with Crippen LogP contribution in [-0.4, -0.2) is 62.5 Å². The summed E-state index contributed by atoms with van der Waals surface area (Å²) in [5, 5.41) is 6.27. The predicted molar refractivity (Wildman–Crippen MR) is 153 cm³/mol. The Hall–Kier alpha value is -4.85. The van der Waals surface area contributed by atoms with Gasteiger partial charge in [-0.1, -0.05) is 0 Å². The standard InChI is InChI=1S/C30H29N5O5/c1-31-27-19-25-26(20-29(27)39-18-15-35-13-16-38-17-14-35)32-12-11-28(25)40-24-9-5-22(6-10-24)34-30(36)33-21-3-7-23(37-2)8-4-21/h3-12,19-20H,13-18H2,2H3,(H2,33,34,36). The molecule has 0 bridgehead atoms. The highest BCUT2D eigenvalue weighted by molar-refractivity contribution is 5.99. The fourth-order valence-corrected chi connectivity index (χ4v) is 4.24. The summed E-state index contributed by atoms with van der Waals surface area (Å²) in [5.41, 5.74) is 2.31. The molecule has 40 heavy (non-hydrogen) atoms. The smallest absolute Gasteiger partial charge is 0.323 e. The first-order valence-corrected chi connectivity index (χ1v) is 12.8. The van der Waals surface area contributed by atoms with Crippen LogP contribution in [0, 0.1) is 6.57 Å². The van der Waals surface area contributed by atoms with Crippen LogP contribution in [-0.2, 0) is 4.74 Å². The molecule has 1 aliphatic rings. The van der Waals surface area contributed by atoms with E-state index in [1.165, 1.54) is 0 Å². The molecule has 10 nitrogen and oxygen atoms in total. The molecule has 1 aliphatic heterocycles. The van der Waals surface area contributed by atoms with Gasteiger partial charge in [0.25, 0.3) is 0 Å². The average Bonchev–Trinajstić information content (AvgIpc) is 2.99. The first-order chi connectivity index (χ1) is 19.6. The Bertz CT molecular complexity index is 1500. The monoisotopic (exact) mass is 539 g/mol. The Morgan fingerprint density at radius 2 is 1.65 bits per heavy atom. The number of rotatable bonds is 9. The summed E-state index contributed by atoms with van der Waals surface area (Å²) in [7, 11) is 1.59. The van der Waals surface area contributed by atoms with Gasteiger partial charge in [-0.2, -0.15) is 0 Å². The highest BCUT2D eigenvalue weighted by atomic mass is 16.5. The van der Waals surface area contributed by atoms with Gasteiger partial charge in [0, 0.05) is 42.6 Å². The number of ether oxygens (including phenoxy) is 4. The summed E-state index contributed by atoms with van der Waals surface area (Å²) in [6, 6.07) is 19.0. The number of morpholine rings is 1. The molecule has 0 saturated carbocycles. The Morgan fingerprint density at radius 1 is 0.975 bits per heavy atom. The molecule has 0 radical (unpaired) electrons. The van der Waals surface area contributed by atoms with Crippen LogP contribution >= 0.6 is 0 Å².